The van der Waals surface area contributed by atoms with Crippen LogP contribution in [0.4, 0.5) is 11.8 Å². The number of hydrogen-bond acceptors (Lipinski definition) is 6. The van der Waals surface area contributed by atoms with Crippen molar-refractivity contribution in [2.75, 3.05) is 24.3 Å². The van der Waals surface area contributed by atoms with Crippen LogP contribution in [0.2, 0.25) is 0 Å². The zero-order valence-corrected chi connectivity index (χ0v) is 21.6. The second-order valence-corrected chi connectivity index (χ2v) is 9.89. The number of ether oxygens (including phenoxy) is 1. The molecule has 2 N–H and O–H groups in total. The third kappa shape index (κ3) is 6.00. The number of hydrogen-bond donors (Lipinski definition) is 2. The van der Waals surface area contributed by atoms with Crippen LogP contribution in [0, 0.1) is 6.92 Å². The Balaban J connectivity index is 1.14. The summed E-state index contributed by atoms with van der Waals surface area (Å²) in [5, 5.41) is 7.77. The first-order valence-electron chi connectivity index (χ1n) is 12.8. The van der Waals surface area contributed by atoms with Crippen molar-refractivity contribution in [3.8, 4) is 11.5 Å². The molecule has 4 aromatic rings. The summed E-state index contributed by atoms with van der Waals surface area (Å²) in [7, 11) is 3.99. The normalized spacial score (nSPS) is 17.3. The van der Waals surface area contributed by atoms with Gasteiger partial charge in [0.05, 0.1) is 5.52 Å². The van der Waals surface area contributed by atoms with E-state index in [-0.39, 0.29) is 18.0 Å². The quantitative estimate of drug-likeness (QED) is 0.330. The van der Waals surface area contributed by atoms with E-state index in [9.17, 15) is 4.79 Å². The Morgan fingerprint density at radius 1 is 0.838 bits per heavy atom. The number of para-hydroxylation sites is 1. The molecule has 0 spiro atoms. The van der Waals surface area contributed by atoms with Gasteiger partial charge in [-0.2, -0.15) is 4.98 Å². The summed E-state index contributed by atoms with van der Waals surface area (Å²) < 4.78 is 5.87. The maximum atomic E-state index is 12.8. The van der Waals surface area contributed by atoms with E-state index in [1.165, 1.54) is 5.56 Å². The Labute approximate surface area is 217 Å². The average Bonchev–Trinajstić information content (AvgIpc) is 2.91. The molecule has 1 aliphatic rings. The van der Waals surface area contributed by atoms with Gasteiger partial charge in [-0.1, -0.05) is 29.8 Å². The van der Waals surface area contributed by atoms with Gasteiger partial charge in [-0.25, -0.2) is 4.98 Å². The van der Waals surface area contributed by atoms with Crippen molar-refractivity contribution in [2.45, 2.75) is 44.7 Å². The molecule has 0 radical (unpaired) electrons. The summed E-state index contributed by atoms with van der Waals surface area (Å²) in [6, 6.07) is 23.7. The summed E-state index contributed by atoms with van der Waals surface area (Å²) in [4.78, 5) is 24.3. The predicted molar refractivity (Wildman–Crippen MR) is 149 cm³/mol. The first-order valence-corrected chi connectivity index (χ1v) is 12.8. The number of nitrogens with one attached hydrogen (secondary N) is 2. The van der Waals surface area contributed by atoms with Crippen molar-refractivity contribution in [1.29, 1.82) is 0 Å². The zero-order valence-electron chi connectivity index (χ0n) is 21.6. The van der Waals surface area contributed by atoms with E-state index >= 15 is 0 Å². The van der Waals surface area contributed by atoms with E-state index in [0.717, 1.165) is 48.2 Å². The van der Waals surface area contributed by atoms with Crippen LogP contribution in [-0.2, 0) is 0 Å². The summed E-state index contributed by atoms with van der Waals surface area (Å²) in [6.07, 6.45) is 3.71. The van der Waals surface area contributed by atoms with Crippen LogP contribution < -0.4 is 20.3 Å². The molecular formula is C30H33N5O2. The molecule has 1 heterocycles. The summed E-state index contributed by atoms with van der Waals surface area (Å²) in [5.74, 6) is 3.00. The van der Waals surface area contributed by atoms with Gasteiger partial charge in [-0.05, 0) is 81.1 Å². The summed E-state index contributed by atoms with van der Waals surface area (Å²) in [5.41, 5.74) is 2.75. The lowest BCUT2D eigenvalue weighted by atomic mass is 9.91. The number of aromatic nitrogens is 2. The van der Waals surface area contributed by atoms with Gasteiger partial charge in [0.15, 0.2) is 0 Å². The van der Waals surface area contributed by atoms with Crippen LogP contribution in [0.25, 0.3) is 10.9 Å². The number of amides is 1. The highest BCUT2D eigenvalue weighted by Crippen LogP contribution is 2.27. The molecular weight excluding hydrogens is 462 g/mol. The largest absolute Gasteiger partial charge is 0.457 e. The maximum Gasteiger partial charge on any atom is 0.251 e. The predicted octanol–water partition coefficient (Wildman–Crippen LogP) is 5.95. The highest BCUT2D eigenvalue weighted by atomic mass is 16.5. The van der Waals surface area contributed by atoms with E-state index in [1.54, 1.807) is 0 Å². The standard InChI is InChI=1S/C30H33N5O2/c1-20-8-16-24(17-9-20)37-25-18-10-21(11-19-25)29(36)31-22-12-14-23(15-13-22)32-30-33-27-7-5-4-6-26(27)28(34-30)35(2)3/h4-11,16-19,22-23H,12-15H2,1-3H3,(H,31,36)(H,32,33,34)/t22-,23+. The fourth-order valence-corrected chi connectivity index (χ4v) is 4.72. The smallest absolute Gasteiger partial charge is 0.251 e. The van der Waals surface area contributed by atoms with Gasteiger partial charge < -0.3 is 20.3 Å². The van der Waals surface area contributed by atoms with E-state index < -0.39 is 0 Å². The number of aryl methyl sites for hydroxylation is 1. The SMILES string of the molecule is Cc1ccc(Oc2ccc(C(=O)N[C@H]3CC[C@@H](Nc4nc(N(C)C)c5ccccc5n4)CC3)cc2)cc1. The molecule has 1 aliphatic carbocycles. The van der Waals surface area contributed by atoms with E-state index in [1.807, 2.05) is 98.7 Å². The topological polar surface area (TPSA) is 79.4 Å². The van der Waals surface area contributed by atoms with Gasteiger partial charge >= 0.3 is 0 Å². The first kappa shape index (κ1) is 24.6. The third-order valence-corrected chi connectivity index (χ3v) is 6.78. The Bertz CT molecular complexity index is 1360. The molecule has 5 rings (SSSR count). The fourth-order valence-electron chi connectivity index (χ4n) is 4.72. The van der Waals surface area contributed by atoms with Crippen LogP contribution in [0.15, 0.2) is 72.8 Å². The number of rotatable bonds is 7. The van der Waals surface area contributed by atoms with Crippen LogP contribution in [0.3, 0.4) is 0 Å². The Kier molecular flexibility index (Phi) is 7.21. The number of nitrogens with zero attached hydrogens (tertiary/aromatic N) is 3. The highest BCUT2D eigenvalue weighted by molar-refractivity contribution is 5.94. The fraction of sp³-hybridized carbons (Fsp3) is 0.300. The van der Waals surface area contributed by atoms with Crippen molar-refractivity contribution in [3.63, 3.8) is 0 Å². The zero-order chi connectivity index (χ0) is 25.8. The molecule has 37 heavy (non-hydrogen) atoms. The average molecular weight is 496 g/mol. The van der Waals surface area contributed by atoms with Crippen molar-refractivity contribution in [3.05, 3.63) is 83.9 Å². The monoisotopic (exact) mass is 495 g/mol. The molecule has 0 bridgehead atoms. The second kappa shape index (κ2) is 10.9. The summed E-state index contributed by atoms with van der Waals surface area (Å²) >= 11 is 0. The number of fused-ring (bicyclic) bond motifs is 1. The van der Waals surface area contributed by atoms with Gasteiger partial charge in [0.1, 0.15) is 17.3 Å². The molecule has 1 amide bonds. The molecule has 7 nitrogen and oxygen atoms in total. The van der Waals surface area contributed by atoms with Crippen molar-refractivity contribution in [2.24, 2.45) is 0 Å². The molecule has 0 atom stereocenters. The highest BCUT2D eigenvalue weighted by Gasteiger charge is 2.24. The minimum absolute atomic E-state index is 0.0493. The lowest BCUT2D eigenvalue weighted by Crippen LogP contribution is -2.40. The molecule has 1 aromatic heterocycles. The molecule has 3 aromatic carbocycles. The van der Waals surface area contributed by atoms with E-state index in [0.29, 0.717) is 17.3 Å². The Hall–Kier alpha value is -4.13. The molecule has 1 fully saturated rings. The Morgan fingerprint density at radius 3 is 2.14 bits per heavy atom. The molecule has 0 aliphatic heterocycles. The van der Waals surface area contributed by atoms with Crippen molar-refractivity contribution in [1.82, 2.24) is 15.3 Å². The molecule has 0 saturated heterocycles. The molecule has 1 saturated carbocycles. The van der Waals surface area contributed by atoms with Crippen LogP contribution in [0.1, 0.15) is 41.6 Å². The van der Waals surface area contributed by atoms with E-state index in [2.05, 4.69) is 10.6 Å². The third-order valence-electron chi connectivity index (χ3n) is 6.78. The lowest BCUT2D eigenvalue weighted by molar-refractivity contribution is 0.0926. The maximum absolute atomic E-state index is 12.8. The summed E-state index contributed by atoms with van der Waals surface area (Å²) in [6.45, 7) is 2.04. The second-order valence-electron chi connectivity index (χ2n) is 9.89. The van der Waals surface area contributed by atoms with Gasteiger partial charge in [-0.15, -0.1) is 0 Å². The molecule has 190 valence electrons. The van der Waals surface area contributed by atoms with Gasteiger partial charge in [0, 0.05) is 37.1 Å². The first-order chi connectivity index (χ1) is 17.9. The number of carbonyl (C=O) groups excluding carboxylic acids is 1. The van der Waals surface area contributed by atoms with Gasteiger partial charge in [0.2, 0.25) is 5.95 Å². The van der Waals surface area contributed by atoms with Crippen molar-refractivity contribution < 1.29 is 9.53 Å². The minimum Gasteiger partial charge on any atom is -0.457 e. The van der Waals surface area contributed by atoms with Crippen LogP contribution in [0.5, 0.6) is 11.5 Å². The molecule has 0 unspecified atom stereocenters. The number of benzene rings is 3. The Morgan fingerprint density at radius 2 is 1.46 bits per heavy atom. The van der Waals surface area contributed by atoms with Crippen molar-refractivity contribution >= 4 is 28.6 Å². The lowest BCUT2D eigenvalue weighted by Gasteiger charge is -2.30. The van der Waals surface area contributed by atoms with E-state index in [4.69, 9.17) is 14.7 Å². The minimum atomic E-state index is -0.0493. The van der Waals surface area contributed by atoms with Crippen LogP contribution >= 0.6 is 0 Å². The number of carbonyl (C=O) groups is 1. The number of anilines is 2. The molecule has 7 heteroatoms. The van der Waals surface area contributed by atoms with Crippen LogP contribution in [-0.4, -0.2) is 42.1 Å². The van der Waals surface area contributed by atoms with Gasteiger partial charge in [0.25, 0.3) is 5.91 Å². The van der Waals surface area contributed by atoms with Gasteiger partial charge in [-0.3, -0.25) is 4.79 Å².